The summed E-state index contributed by atoms with van der Waals surface area (Å²) < 4.78 is 11.1. The van der Waals surface area contributed by atoms with Crippen LogP contribution in [0.1, 0.15) is 30.5 Å². The van der Waals surface area contributed by atoms with Crippen molar-refractivity contribution < 1.29 is 14.3 Å². The Bertz CT molecular complexity index is 1100. The maximum Gasteiger partial charge on any atom is 0.337 e. The first-order valence-electron chi connectivity index (χ1n) is 13.1. The second kappa shape index (κ2) is 12.3. The van der Waals surface area contributed by atoms with Crippen molar-refractivity contribution in [3.8, 4) is 11.5 Å². The van der Waals surface area contributed by atoms with Crippen LogP contribution in [0.5, 0.6) is 11.5 Å². The SMILES string of the molecule is CCN1CCN(CCNc2ccc(C3=NN(C(=O)NC)C(C)Cc4cc(OC)c(OC)cc43)cc2)CC1. The van der Waals surface area contributed by atoms with Crippen LogP contribution in [0.25, 0.3) is 0 Å². The number of benzene rings is 2. The minimum atomic E-state index is -0.241. The van der Waals surface area contributed by atoms with E-state index in [-0.39, 0.29) is 12.1 Å². The summed E-state index contributed by atoms with van der Waals surface area (Å²) in [6.45, 7) is 11.8. The number of ether oxygens (including phenoxy) is 2. The molecule has 9 heteroatoms. The number of hydrogen-bond acceptors (Lipinski definition) is 7. The Kier molecular flexibility index (Phi) is 8.89. The molecule has 1 unspecified atom stereocenters. The van der Waals surface area contributed by atoms with E-state index in [4.69, 9.17) is 14.6 Å². The van der Waals surface area contributed by atoms with Crippen LogP contribution in [0.4, 0.5) is 10.5 Å². The van der Waals surface area contributed by atoms with Gasteiger partial charge in [0, 0.05) is 63.1 Å². The van der Waals surface area contributed by atoms with E-state index in [1.807, 2.05) is 19.1 Å². The summed E-state index contributed by atoms with van der Waals surface area (Å²) >= 11 is 0. The molecule has 200 valence electrons. The lowest BCUT2D eigenvalue weighted by atomic mass is 9.94. The summed E-state index contributed by atoms with van der Waals surface area (Å²) in [5.74, 6) is 1.30. The molecule has 1 saturated heterocycles. The lowest BCUT2D eigenvalue weighted by molar-refractivity contribution is 0.141. The Morgan fingerprint density at radius 2 is 1.68 bits per heavy atom. The maximum absolute atomic E-state index is 12.7. The lowest BCUT2D eigenvalue weighted by Gasteiger charge is -2.34. The summed E-state index contributed by atoms with van der Waals surface area (Å²) in [7, 11) is 4.88. The number of fused-ring (bicyclic) bond motifs is 1. The zero-order valence-electron chi connectivity index (χ0n) is 22.7. The number of piperazine rings is 1. The summed E-state index contributed by atoms with van der Waals surface area (Å²) in [6, 6.07) is 11.8. The number of nitrogens with one attached hydrogen (secondary N) is 2. The number of anilines is 1. The second-order valence-electron chi connectivity index (χ2n) is 9.55. The zero-order valence-corrected chi connectivity index (χ0v) is 22.7. The number of likely N-dealkylation sites (N-methyl/N-ethyl adjacent to an activating group) is 1. The minimum absolute atomic E-state index is 0.130. The smallest absolute Gasteiger partial charge is 0.337 e. The van der Waals surface area contributed by atoms with Crippen LogP contribution >= 0.6 is 0 Å². The first kappa shape index (κ1) is 26.8. The fourth-order valence-corrected chi connectivity index (χ4v) is 4.98. The van der Waals surface area contributed by atoms with Crippen LogP contribution in [0.3, 0.4) is 0 Å². The topological polar surface area (TPSA) is 81.7 Å². The molecule has 1 atom stereocenters. The van der Waals surface area contributed by atoms with Gasteiger partial charge in [-0.2, -0.15) is 5.10 Å². The number of nitrogens with zero attached hydrogens (tertiary/aromatic N) is 4. The first-order valence-corrected chi connectivity index (χ1v) is 13.1. The highest BCUT2D eigenvalue weighted by Crippen LogP contribution is 2.34. The predicted molar refractivity (Wildman–Crippen MR) is 148 cm³/mol. The van der Waals surface area contributed by atoms with Gasteiger partial charge in [-0.05, 0) is 49.7 Å². The fourth-order valence-electron chi connectivity index (χ4n) is 4.98. The summed E-state index contributed by atoms with van der Waals surface area (Å²) in [5, 5.41) is 12.6. The molecule has 0 bridgehead atoms. The van der Waals surface area contributed by atoms with Crippen LogP contribution in [0, 0.1) is 0 Å². The van der Waals surface area contributed by atoms with E-state index in [1.54, 1.807) is 21.3 Å². The van der Waals surface area contributed by atoms with Gasteiger partial charge in [-0.1, -0.05) is 19.1 Å². The Balaban J connectivity index is 1.55. The standard InChI is InChI=1S/C28H40N6O3/c1-6-32-13-15-33(16-14-32)12-11-30-23-9-7-21(8-10-23)27-24-19-26(37-5)25(36-4)18-22(24)17-20(2)34(31-27)28(35)29-3/h7-10,18-20,30H,6,11-17H2,1-5H3,(H,29,35). The summed E-state index contributed by atoms with van der Waals surface area (Å²) in [4.78, 5) is 17.7. The zero-order chi connectivity index (χ0) is 26.4. The van der Waals surface area contributed by atoms with Crippen molar-refractivity contribution in [2.24, 2.45) is 5.10 Å². The maximum atomic E-state index is 12.7. The van der Waals surface area contributed by atoms with Crippen molar-refractivity contribution in [2.75, 3.05) is 72.4 Å². The van der Waals surface area contributed by atoms with Crippen molar-refractivity contribution in [3.05, 3.63) is 53.1 Å². The minimum Gasteiger partial charge on any atom is -0.493 e. The van der Waals surface area contributed by atoms with Crippen molar-refractivity contribution in [3.63, 3.8) is 0 Å². The number of carbonyl (C=O) groups excluding carboxylic acids is 1. The number of methoxy groups -OCH3 is 2. The average molecular weight is 509 g/mol. The van der Waals surface area contributed by atoms with Gasteiger partial charge in [-0.3, -0.25) is 4.90 Å². The second-order valence-corrected chi connectivity index (χ2v) is 9.55. The molecule has 0 aromatic heterocycles. The van der Waals surface area contributed by atoms with Crippen LogP contribution in [-0.2, 0) is 6.42 Å². The largest absolute Gasteiger partial charge is 0.493 e. The molecule has 4 rings (SSSR count). The molecule has 2 aliphatic rings. The fraction of sp³-hybridized carbons (Fsp3) is 0.500. The molecule has 2 N–H and O–H groups in total. The monoisotopic (exact) mass is 508 g/mol. The van der Waals surface area contributed by atoms with E-state index in [0.717, 1.165) is 73.9 Å². The van der Waals surface area contributed by atoms with Gasteiger partial charge in [0.2, 0.25) is 0 Å². The number of hydrogen-bond donors (Lipinski definition) is 2. The molecular formula is C28H40N6O3. The molecule has 0 saturated carbocycles. The van der Waals surface area contributed by atoms with Crippen LogP contribution in [0.15, 0.2) is 41.5 Å². The molecule has 2 aliphatic heterocycles. The molecule has 0 aliphatic carbocycles. The average Bonchev–Trinajstić information content (AvgIpc) is 3.08. The van der Waals surface area contributed by atoms with Gasteiger partial charge in [0.05, 0.1) is 26.0 Å². The lowest BCUT2D eigenvalue weighted by Crippen LogP contribution is -2.47. The molecular weight excluding hydrogens is 468 g/mol. The molecule has 0 radical (unpaired) electrons. The van der Waals surface area contributed by atoms with Crippen molar-refractivity contribution in [2.45, 2.75) is 26.3 Å². The third-order valence-corrected chi connectivity index (χ3v) is 7.25. The molecule has 2 aromatic carbocycles. The van der Waals surface area contributed by atoms with Crippen molar-refractivity contribution in [1.82, 2.24) is 20.1 Å². The highest BCUT2D eigenvalue weighted by Gasteiger charge is 2.28. The van der Waals surface area contributed by atoms with Gasteiger partial charge in [0.15, 0.2) is 11.5 Å². The summed E-state index contributed by atoms with van der Waals surface area (Å²) in [6.07, 6.45) is 0.641. The molecule has 2 heterocycles. The number of rotatable bonds is 8. The van der Waals surface area contributed by atoms with Gasteiger partial charge in [0.25, 0.3) is 0 Å². The van der Waals surface area contributed by atoms with Crippen LogP contribution in [-0.4, -0.2) is 99.7 Å². The molecule has 37 heavy (non-hydrogen) atoms. The molecule has 9 nitrogen and oxygen atoms in total. The number of hydrazone groups is 1. The van der Waals surface area contributed by atoms with Gasteiger partial charge in [-0.25, -0.2) is 9.80 Å². The molecule has 0 spiro atoms. The Morgan fingerprint density at radius 3 is 2.30 bits per heavy atom. The third-order valence-electron chi connectivity index (χ3n) is 7.25. The Hall–Kier alpha value is -3.30. The van der Waals surface area contributed by atoms with E-state index in [2.05, 4.69) is 51.6 Å². The molecule has 1 fully saturated rings. The predicted octanol–water partition coefficient (Wildman–Crippen LogP) is 3.09. The van der Waals surface area contributed by atoms with Gasteiger partial charge < -0.3 is 25.0 Å². The highest BCUT2D eigenvalue weighted by molar-refractivity contribution is 6.14. The van der Waals surface area contributed by atoms with Crippen LogP contribution < -0.4 is 20.1 Å². The number of urea groups is 1. The van der Waals surface area contributed by atoms with Gasteiger partial charge >= 0.3 is 6.03 Å². The Labute approximate surface area is 220 Å². The van der Waals surface area contributed by atoms with E-state index in [1.165, 1.54) is 5.01 Å². The summed E-state index contributed by atoms with van der Waals surface area (Å²) in [5.41, 5.74) is 4.71. The van der Waals surface area contributed by atoms with Crippen LogP contribution in [0.2, 0.25) is 0 Å². The molecule has 2 aromatic rings. The number of amides is 2. The van der Waals surface area contributed by atoms with Crippen molar-refractivity contribution >= 4 is 17.4 Å². The quantitative estimate of drug-likeness (QED) is 0.571. The normalized spacial score (nSPS) is 18.5. The van der Waals surface area contributed by atoms with E-state index in [0.29, 0.717) is 17.9 Å². The Morgan fingerprint density at radius 1 is 1.03 bits per heavy atom. The van der Waals surface area contributed by atoms with Gasteiger partial charge in [0.1, 0.15) is 0 Å². The van der Waals surface area contributed by atoms with Gasteiger partial charge in [-0.15, -0.1) is 0 Å². The first-order chi connectivity index (χ1) is 18.0. The van der Waals surface area contributed by atoms with E-state index in [9.17, 15) is 4.79 Å². The highest BCUT2D eigenvalue weighted by atomic mass is 16.5. The third kappa shape index (κ3) is 6.17. The van der Waals surface area contributed by atoms with Crippen molar-refractivity contribution in [1.29, 1.82) is 0 Å². The molecule has 2 amide bonds. The number of carbonyl (C=O) groups is 1. The van der Waals surface area contributed by atoms with E-state index < -0.39 is 0 Å². The van der Waals surface area contributed by atoms with E-state index >= 15 is 0 Å².